The van der Waals surface area contributed by atoms with Crippen molar-refractivity contribution in [1.82, 2.24) is 4.98 Å². The Labute approximate surface area is 135 Å². The Bertz CT molecular complexity index is 760. The molecular formula is C15H13ClF3N3O. The van der Waals surface area contributed by atoms with E-state index < -0.39 is 11.7 Å². The highest BCUT2D eigenvalue weighted by atomic mass is 35.5. The van der Waals surface area contributed by atoms with Gasteiger partial charge < -0.3 is 5.11 Å². The third kappa shape index (κ3) is 4.13. The van der Waals surface area contributed by atoms with Crippen molar-refractivity contribution in [2.75, 3.05) is 5.43 Å². The number of anilines is 1. The number of alkyl halides is 3. The van der Waals surface area contributed by atoms with Gasteiger partial charge in [-0.25, -0.2) is 4.98 Å². The van der Waals surface area contributed by atoms with Crippen molar-refractivity contribution in [3.63, 3.8) is 0 Å². The largest absolute Gasteiger partial charge is 0.507 e. The first-order valence-electron chi connectivity index (χ1n) is 6.51. The van der Waals surface area contributed by atoms with Crippen molar-refractivity contribution < 1.29 is 18.3 Å². The highest BCUT2D eigenvalue weighted by molar-refractivity contribution is 6.33. The van der Waals surface area contributed by atoms with Crippen molar-refractivity contribution in [3.05, 3.63) is 52.2 Å². The standard InChI is InChI=1S/C15H13ClF3N3O/c1-8-3-4-13(23)11(5-8)9(2)21-22-14-12(16)6-10(7-20-14)15(17,18)19/h3-7,23H,1-2H3,(H,20,22)/b21-9+. The Kier molecular flexibility index (Phi) is 4.79. The Morgan fingerprint density at radius 1 is 1.30 bits per heavy atom. The van der Waals surface area contributed by atoms with E-state index in [0.717, 1.165) is 11.6 Å². The maximum atomic E-state index is 12.5. The number of nitrogens with one attached hydrogen (secondary N) is 1. The SMILES string of the molecule is C/C(=N\Nc1ncc(C(F)(F)F)cc1Cl)c1cc(C)ccc1O. The van der Waals surface area contributed by atoms with E-state index in [9.17, 15) is 18.3 Å². The molecule has 0 saturated heterocycles. The molecule has 122 valence electrons. The molecule has 1 aromatic heterocycles. The van der Waals surface area contributed by atoms with Crippen LogP contribution in [-0.4, -0.2) is 15.8 Å². The fraction of sp³-hybridized carbons (Fsp3) is 0.200. The lowest BCUT2D eigenvalue weighted by molar-refractivity contribution is -0.137. The fourth-order valence-corrected chi connectivity index (χ4v) is 2.02. The maximum absolute atomic E-state index is 12.5. The van der Waals surface area contributed by atoms with Gasteiger partial charge >= 0.3 is 6.18 Å². The molecule has 0 bridgehead atoms. The summed E-state index contributed by atoms with van der Waals surface area (Å²) in [4.78, 5) is 3.62. The summed E-state index contributed by atoms with van der Waals surface area (Å²) >= 11 is 5.78. The lowest BCUT2D eigenvalue weighted by Gasteiger charge is -2.09. The molecule has 1 heterocycles. The third-order valence-corrected chi connectivity index (χ3v) is 3.33. The fourth-order valence-electron chi connectivity index (χ4n) is 1.81. The first kappa shape index (κ1) is 17.1. The summed E-state index contributed by atoms with van der Waals surface area (Å²) in [5.41, 5.74) is 3.43. The molecule has 0 amide bonds. The number of nitrogens with zero attached hydrogens (tertiary/aromatic N) is 2. The lowest BCUT2D eigenvalue weighted by Crippen LogP contribution is -2.07. The van der Waals surface area contributed by atoms with Gasteiger partial charge in [-0.05, 0) is 32.0 Å². The van der Waals surface area contributed by atoms with Crippen LogP contribution in [0.1, 0.15) is 23.6 Å². The minimum atomic E-state index is -4.51. The number of phenols is 1. The van der Waals surface area contributed by atoms with Crippen LogP contribution in [0.2, 0.25) is 5.02 Å². The molecule has 0 spiro atoms. The van der Waals surface area contributed by atoms with Gasteiger partial charge in [-0.15, -0.1) is 0 Å². The van der Waals surface area contributed by atoms with Crippen molar-refractivity contribution in [1.29, 1.82) is 0 Å². The molecule has 2 N–H and O–H groups in total. The highest BCUT2D eigenvalue weighted by Gasteiger charge is 2.31. The summed E-state index contributed by atoms with van der Waals surface area (Å²) in [5.74, 6) is 0.0382. The molecule has 0 unspecified atom stereocenters. The summed E-state index contributed by atoms with van der Waals surface area (Å²) in [6.45, 7) is 3.50. The molecule has 1 aromatic carbocycles. The summed E-state index contributed by atoms with van der Waals surface area (Å²) in [5, 5.41) is 13.6. The molecule has 0 atom stereocenters. The zero-order chi connectivity index (χ0) is 17.2. The number of aromatic nitrogens is 1. The van der Waals surface area contributed by atoms with Crippen LogP contribution < -0.4 is 5.43 Å². The Morgan fingerprint density at radius 3 is 2.61 bits per heavy atom. The molecule has 8 heteroatoms. The Hall–Kier alpha value is -2.28. The molecular weight excluding hydrogens is 331 g/mol. The minimum absolute atomic E-state index is 0.00819. The smallest absolute Gasteiger partial charge is 0.417 e. The minimum Gasteiger partial charge on any atom is -0.507 e. The van der Waals surface area contributed by atoms with Crippen LogP contribution in [0, 0.1) is 6.92 Å². The zero-order valence-corrected chi connectivity index (χ0v) is 13.0. The number of aromatic hydroxyl groups is 1. The van der Waals surface area contributed by atoms with E-state index in [2.05, 4.69) is 15.5 Å². The van der Waals surface area contributed by atoms with Crippen molar-refractivity contribution in [2.45, 2.75) is 20.0 Å². The zero-order valence-electron chi connectivity index (χ0n) is 12.2. The second kappa shape index (κ2) is 6.45. The first-order chi connectivity index (χ1) is 10.7. The van der Waals surface area contributed by atoms with E-state index in [1.807, 2.05) is 6.92 Å². The van der Waals surface area contributed by atoms with Crippen LogP contribution in [0.15, 0.2) is 35.6 Å². The van der Waals surface area contributed by atoms with Crippen LogP contribution in [-0.2, 0) is 6.18 Å². The van der Waals surface area contributed by atoms with Crippen LogP contribution in [0.4, 0.5) is 19.0 Å². The first-order valence-corrected chi connectivity index (χ1v) is 6.89. The van der Waals surface area contributed by atoms with Gasteiger partial charge in [-0.2, -0.15) is 18.3 Å². The number of hydrogen-bond donors (Lipinski definition) is 2. The molecule has 2 aromatic rings. The molecule has 0 fully saturated rings. The number of halogens is 4. The second-order valence-corrected chi connectivity index (χ2v) is 5.29. The van der Waals surface area contributed by atoms with Crippen LogP contribution in [0.25, 0.3) is 0 Å². The average molecular weight is 344 g/mol. The molecule has 4 nitrogen and oxygen atoms in total. The van der Waals surface area contributed by atoms with Crippen molar-refractivity contribution in [2.24, 2.45) is 5.10 Å². The van der Waals surface area contributed by atoms with E-state index >= 15 is 0 Å². The number of hydrogen-bond acceptors (Lipinski definition) is 4. The van der Waals surface area contributed by atoms with Crippen LogP contribution in [0.3, 0.4) is 0 Å². The number of aryl methyl sites for hydroxylation is 1. The van der Waals surface area contributed by atoms with Gasteiger partial charge in [0.1, 0.15) is 5.75 Å². The summed E-state index contributed by atoms with van der Waals surface area (Å²) in [7, 11) is 0. The van der Waals surface area contributed by atoms with Gasteiger partial charge in [0.15, 0.2) is 5.82 Å². The van der Waals surface area contributed by atoms with Crippen LogP contribution >= 0.6 is 11.6 Å². The topological polar surface area (TPSA) is 57.5 Å². The summed E-state index contributed by atoms with van der Waals surface area (Å²) in [6.07, 6.45) is -3.84. The van der Waals surface area contributed by atoms with Gasteiger partial charge in [0.2, 0.25) is 0 Å². The monoisotopic (exact) mass is 343 g/mol. The summed E-state index contributed by atoms with van der Waals surface area (Å²) in [6, 6.07) is 5.78. The lowest BCUT2D eigenvalue weighted by atomic mass is 10.1. The van der Waals surface area contributed by atoms with E-state index in [1.54, 1.807) is 19.1 Å². The number of benzene rings is 1. The second-order valence-electron chi connectivity index (χ2n) is 4.88. The van der Waals surface area contributed by atoms with Crippen molar-refractivity contribution in [3.8, 4) is 5.75 Å². The van der Waals surface area contributed by atoms with Gasteiger partial charge in [0, 0.05) is 11.8 Å². The van der Waals surface area contributed by atoms with Gasteiger partial charge in [0.05, 0.1) is 16.3 Å². The van der Waals surface area contributed by atoms with Crippen molar-refractivity contribution >= 4 is 23.1 Å². The Balaban J connectivity index is 2.24. The molecule has 0 radical (unpaired) electrons. The third-order valence-electron chi connectivity index (χ3n) is 3.04. The maximum Gasteiger partial charge on any atom is 0.417 e. The van der Waals surface area contributed by atoms with E-state index in [4.69, 9.17) is 11.6 Å². The van der Waals surface area contributed by atoms with Gasteiger partial charge in [-0.1, -0.05) is 23.2 Å². The van der Waals surface area contributed by atoms with Crippen LogP contribution in [0.5, 0.6) is 5.75 Å². The molecule has 0 aliphatic carbocycles. The number of pyridine rings is 1. The highest BCUT2D eigenvalue weighted by Crippen LogP contribution is 2.32. The molecule has 0 aliphatic heterocycles. The number of rotatable bonds is 3. The quantitative estimate of drug-likeness (QED) is 0.632. The molecule has 23 heavy (non-hydrogen) atoms. The summed E-state index contributed by atoms with van der Waals surface area (Å²) < 4.78 is 37.6. The molecule has 0 aliphatic rings. The Morgan fingerprint density at radius 2 is 2.00 bits per heavy atom. The van der Waals surface area contributed by atoms with Gasteiger partial charge in [0.25, 0.3) is 0 Å². The number of hydrazone groups is 1. The van der Waals surface area contributed by atoms with Gasteiger partial charge in [-0.3, -0.25) is 5.43 Å². The predicted octanol–water partition coefficient (Wildman–Crippen LogP) is 4.60. The van der Waals surface area contributed by atoms with E-state index in [-0.39, 0.29) is 16.6 Å². The van der Waals surface area contributed by atoms with E-state index in [1.165, 1.54) is 6.07 Å². The average Bonchev–Trinajstić information content (AvgIpc) is 2.47. The normalized spacial score (nSPS) is 12.3. The molecule has 0 saturated carbocycles. The van der Waals surface area contributed by atoms with E-state index in [0.29, 0.717) is 17.5 Å². The number of phenolic OH excluding ortho intramolecular Hbond substituents is 1. The molecule has 2 rings (SSSR count). The predicted molar refractivity (Wildman–Crippen MR) is 82.9 cm³/mol.